The van der Waals surface area contributed by atoms with Crippen molar-refractivity contribution in [1.29, 1.82) is 5.26 Å². The topological polar surface area (TPSA) is 95.1 Å². The van der Waals surface area contributed by atoms with Crippen molar-refractivity contribution in [2.45, 2.75) is 25.3 Å². The minimum atomic E-state index is -1.03. The van der Waals surface area contributed by atoms with Gasteiger partial charge in [-0.2, -0.15) is 10.4 Å². The number of nitrogens with zero attached hydrogens (tertiary/aromatic N) is 6. The predicted molar refractivity (Wildman–Crippen MR) is 138 cm³/mol. The molecule has 0 N–H and O–H groups in total. The van der Waals surface area contributed by atoms with Crippen LogP contribution in [0.25, 0.3) is 16.9 Å². The van der Waals surface area contributed by atoms with E-state index in [-0.39, 0.29) is 54.3 Å². The monoisotopic (exact) mass is 542 g/mol. The highest BCUT2D eigenvalue weighted by Gasteiger charge is 2.38. The lowest BCUT2D eigenvalue weighted by atomic mass is 10.0. The second-order valence-electron chi connectivity index (χ2n) is 9.68. The first-order chi connectivity index (χ1) is 19.4. The molecular formula is C29H21F3N6O2. The zero-order valence-electron chi connectivity index (χ0n) is 21.0. The molecule has 2 amide bonds. The number of likely N-dealkylation sites (tertiary alicyclic amines) is 1. The molecule has 2 aromatic carbocycles. The number of amides is 2. The second-order valence-corrected chi connectivity index (χ2v) is 9.68. The minimum Gasteiger partial charge on any atom is -0.337 e. The molecule has 2 aromatic heterocycles. The number of piperidine rings is 1. The number of carbonyl (C=O) groups is 2. The van der Waals surface area contributed by atoms with Crippen molar-refractivity contribution in [3.8, 4) is 23.0 Å². The molecule has 2 aliphatic rings. The van der Waals surface area contributed by atoms with Crippen LogP contribution in [0.5, 0.6) is 0 Å². The predicted octanol–water partition coefficient (Wildman–Crippen LogP) is 4.42. The van der Waals surface area contributed by atoms with Crippen LogP contribution in [-0.2, 0) is 11.2 Å². The van der Waals surface area contributed by atoms with E-state index in [9.17, 15) is 28.0 Å². The highest BCUT2D eigenvalue weighted by molar-refractivity contribution is 6.02. The lowest BCUT2D eigenvalue weighted by Crippen LogP contribution is -2.48. The Bertz CT molecular complexity index is 1690. The Morgan fingerprint density at radius 1 is 1.02 bits per heavy atom. The summed E-state index contributed by atoms with van der Waals surface area (Å²) in [5, 5.41) is 13.8. The molecule has 40 heavy (non-hydrogen) atoms. The SMILES string of the molecule is N#Cc1cc(-n2nc(C(=O)N3CCC(N4C(=O)Cc5ccc(F)c(F)c54)CC3)cc2-c2cccnc2)ccc1F. The molecule has 0 saturated carbocycles. The highest BCUT2D eigenvalue weighted by Crippen LogP contribution is 2.37. The Morgan fingerprint density at radius 2 is 1.80 bits per heavy atom. The average Bonchev–Trinajstić information content (AvgIpc) is 3.57. The molecule has 0 bridgehead atoms. The fourth-order valence-electron chi connectivity index (χ4n) is 5.36. The number of anilines is 1. The van der Waals surface area contributed by atoms with E-state index in [1.54, 1.807) is 35.5 Å². The van der Waals surface area contributed by atoms with Gasteiger partial charge in [0.15, 0.2) is 17.3 Å². The molecule has 8 nitrogen and oxygen atoms in total. The van der Waals surface area contributed by atoms with Gasteiger partial charge in [0.1, 0.15) is 11.9 Å². The molecule has 4 aromatic rings. The van der Waals surface area contributed by atoms with Gasteiger partial charge in [0, 0.05) is 37.1 Å². The van der Waals surface area contributed by atoms with Crippen molar-refractivity contribution >= 4 is 17.5 Å². The minimum absolute atomic E-state index is 0.00864. The number of aromatic nitrogens is 3. The lowest BCUT2D eigenvalue weighted by molar-refractivity contribution is -0.118. The summed E-state index contributed by atoms with van der Waals surface area (Å²) < 4.78 is 44.0. The van der Waals surface area contributed by atoms with Gasteiger partial charge in [-0.15, -0.1) is 0 Å². The molecular weight excluding hydrogens is 521 g/mol. The quantitative estimate of drug-likeness (QED) is 0.381. The summed E-state index contributed by atoms with van der Waals surface area (Å²) in [6, 6.07) is 13.0. The van der Waals surface area contributed by atoms with Crippen LogP contribution in [0.1, 0.15) is 34.5 Å². The van der Waals surface area contributed by atoms with Crippen LogP contribution in [-0.4, -0.2) is 50.6 Å². The van der Waals surface area contributed by atoms with E-state index in [4.69, 9.17) is 0 Å². The van der Waals surface area contributed by atoms with Crippen molar-refractivity contribution in [3.05, 3.63) is 95.2 Å². The number of rotatable bonds is 4. The van der Waals surface area contributed by atoms with Gasteiger partial charge in [0.05, 0.1) is 29.1 Å². The Hall–Kier alpha value is -4.98. The van der Waals surface area contributed by atoms with Gasteiger partial charge in [-0.05, 0) is 60.9 Å². The normalized spacial score (nSPS) is 15.3. The van der Waals surface area contributed by atoms with Gasteiger partial charge in [-0.1, -0.05) is 6.07 Å². The van der Waals surface area contributed by atoms with Crippen LogP contribution in [0.2, 0.25) is 0 Å². The molecule has 0 radical (unpaired) electrons. The van der Waals surface area contributed by atoms with Gasteiger partial charge < -0.3 is 9.80 Å². The van der Waals surface area contributed by atoms with E-state index in [1.807, 2.05) is 6.07 Å². The van der Waals surface area contributed by atoms with E-state index in [0.29, 0.717) is 35.3 Å². The Balaban J connectivity index is 1.26. The number of nitriles is 1. The first-order valence-corrected chi connectivity index (χ1v) is 12.6. The second kappa shape index (κ2) is 9.96. The first kappa shape index (κ1) is 25.3. The molecule has 0 atom stereocenters. The van der Waals surface area contributed by atoms with Crippen molar-refractivity contribution in [1.82, 2.24) is 19.7 Å². The van der Waals surface area contributed by atoms with Crippen molar-refractivity contribution in [2.24, 2.45) is 0 Å². The maximum Gasteiger partial charge on any atom is 0.274 e. The maximum absolute atomic E-state index is 14.6. The van der Waals surface area contributed by atoms with Crippen LogP contribution in [0.4, 0.5) is 18.9 Å². The number of hydrogen-bond acceptors (Lipinski definition) is 5. The van der Waals surface area contributed by atoms with Gasteiger partial charge in [0.2, 0.25) is 5.91 Å². The molecule has 0 spiro atoms. The summed E-state index contributed by atoms with van der Waals surface area (Å²) in [6.45, 7) is 0.563. The smallest absolute Gasteiger partial charge is 0.274 e. The fourth-order valence-corrected chi connectivity index (χ4v) is 5.36. The highest BCUT2D eigenvalue weighted by atomic mass is 19.2. The summed E-state index contributed by atoms with van der Waals surface area (Å²) in [4.78, 5) is 33.3. The summed E-state index contributed by atoms with van der Waals surface area (Å²) in [5.41, 5.74) is 2.01. The van der Waals surface area contributed by atoms with Crippen molar-refractivity contribution in [2.75, 3.05) is 18.0 Å². The van der Waals surface area contributed by atoms with Crippen LogP contribution in [0.3, 0.4) is 0 Å². The van der Waals surface area contributed by atoms with Gasteiger partial charge >= 0.3 is 0 Å². The van der Waals surface area contributed by atoms with E-state index >= 15 is 0 Å². The van der Waals surface area contributed by atoms with Crippen LogP contribution < -0.4 is 4.90 Å². The zero-order valence-corrected chi connectivity index (χ0v) is 21.0. The summed E-state index contributed by atoms with van der Waals surface area (Å²) in [7, 11) is 0. The zero-order chi connectivity index (χ0) is 28.0. The van der Waals surface area contributed by atoms with Crippen LogP contribution in [0.15, 0.2) is 60.9 Å². The molecule has 1 fully saturated rings. The lowest BCUT2D eigenvalue weighted by Gasteiger charge is -2.36. The van der Waals surface area contributed by atoms with Crippen molar-refractivity contribution in [3.63, 3.8) is 0 Å². The molecule has 0 aliphatic carbocycles. The molecule has 11 heteroatoms. The number of halogens is 3. The third kappa shape index (κ3) is 4.27. The Kier molecular flexibility index (Phi) is 6.30. The molecule has 200 valence electrons. The van der Waals surface area contributed by atoms with E-state index in [2.05, 4.69) is 10.1 Å². The number of carbonyl (C=O) groups excluding carboxylic acids is 2. The van der Waals surface area contributed by atoms with Crippen molar-refractivity contribution < 1.29 is 22.8 Å². The number of hydrogen-bond donors (Lipinski definition) is 0. The number of benzene rings is 2. The largest absolute Gasteiger partial charge is 0.337 e. The molecule has 0 unspecified atom stereocenters. The fraction of sp³-hybridized carbons (Fsp3) is 0.207. The van der Waals surface area contributed by atoms with Crippen LogP contribution in [0, 0.1) is 28.8 Å². The van der Waals surface area contributed by atoms with Gasteiger partial charge in [-0.3, -0.25) is 14.6 Å². The van der Waals surface area contributed by atoms with Crippen LogP contribution >= 0.6 is 0 Å². The molecule has 1 saturated heterocycles. The average molecular weight is 543 g/mol. The first-order valence-electron chi connectivity index (χ1n) is 12.6. The summed E-state index contributed by atoms with van der Waals surface area (Å²) >= 11 is 0. The van der Waals surface area contributed by atoms with Gasteiger partial charge in [0.25, 0.3) is 5.91 Å². The van der Waals surface area contributed by atoms with E-state index in [1.165, 1.54) is 33.8 Å². The van der Waals surface area contributed by atoms with Gasteiger partial charge in [-0.25, -0.2) is 17.9 Å². The molecule has 2 aliphatic heterocycles. The standard InChI is InChI=1S/C29H21F3N6O2/c30-22-6-4-21(12-19(22)15-33)38-25(18-2-1-9-34-16-18)14-24(35-38)29(40)36-10-7-20(8-11-36)37-26(39)13-17-3-5-23(31)27(32)28(17)37/h1-6,9,12,14,16,20H,7-8,10-11,13H2. The maximum atomic E-state index is 14.6. The van der Waals surface area contributed by atoms with E-state index in [0.717, 1.165) is 6.07 Å². The molecule has 4 heterocycles. The third-order valence-corrected chi connectivity index (χ3v) is 7.32. The summed E-state index contributed by atoms with van der Waals surface area (Å²) in [6.07, 6.45) is 3.99. The number of pyridine rings is 1. The third-order valence-electron chi connectivity index (χ3n) is 7.32. The Morgan fingerprint density at radius 3 is 2.52 bits per heavy atom. The van der Waals surface area contributed by atoms with E-state index < -0.39 is 17.5 Å². The Labute approximate surface area is 226 Å². The molecule has 6 rings (SSSR count). The number of fused-ring (bicyclic) bond motifs is 1. The summed E-state index contributed by atoms with van der Waals surface area (Å²) in [5.74, 6) is -3.34.